The third kappa shape index (κ3) is 5.75. The molecular weight excluding hydrogens is 292 g/mol. The summed E-state index contributed by atoms with van der Waals surface area (Å²) in [6.07, 6.45) is 2.64. The Hall–Kier alpha value is -1.75. The molecule has 3 N–H and O–H groups in total. The Morgan fingerprint density at radius 1 is 1.30 bits per heavy atom. The molecule has 5 heteroatoms. The molecule has 5 nitrogen and oxygen atoms in total. The maximum atomic E-state index is 12.2. The zero-order valence-electron chi connectivity index (χ0n) is 14.2. The Morgan fingerprint density at radius 3 is 2.48 bits per heavy atom. The van der Waals surface area contributed by atoms with Crippen molar-refractivity contribution in [1.29, 1.82) is 0 Å². The maximum Gasteiger partial charge on any atom is 0.315 e. The van der Waals surface area contributed by atoms with Crippen molar-refractivity contribution in [2.24, 2.45) is 11.8 Å². The van der Waals surface area contributed by atoms with Gasteiger partial charge in [0, 0.05) is 6.54 Å². The van der Waals surface area contributed by atoms with E-state index in [2.05, 4.69) is 10.6 Å². The van der Waals surface area contributed by atoms with Crippen LogP contribution >= 0.6 is 0 Å². The van der Waals surface area contributed by atoms with E-state index in [-0.39, 0.29) is 24.1 Å². The molecule has 2 amide bonds. The highest BCUT2D eigenvalue weighted by Gasteiger charge is 2.33. The molecule has 0 aromatic heterocycles. The lowest BCUT2D eigenvalue weighted by Gasteiger charge is -2.21. The predicted octanol–water partition coefficient (Wildman–Crippen LogP) is 2.85. The van der Waals surface area contributed by atoms with E-state index in [0.29, 0.717) is 18.9 Å². The molecule has 1 aromatic rings. The second kappa shape index (κ2) is 8.20. The van der Waals surface area contributed by atoms with E-state index in [9.17, 15) is 9.90 Å². The number of ether oxygens (including phenoxy) is 1. The van der Waals surface area contributed by atoms with Gasteiger partial charge in [0.1, 0.15) is 5.75 Å². The van der Waals surface area contributed by atoms with Crippen LogP contribution in [-0.4, -0.2) is 30.9 Å². The maximum absolute atomic E-state index is 12.2. The van der Waals surface area contributed by atoms with Gasteiger partial charge in [-0.2, -0.15) is 0 Å². The normalized spacial score (nSPS) is 17.9. The van der Waals surface area contributed by atoms with Crippen molar-refractivity contribution < 1.29 is 14.6 Å². The van der Waals surface area contributed by atoms with E-state index in [1.807, 2.05) is 31.2 Å². The molecule has 2 rings (SSSR count). The summed E-state index contributed by atoms with van der Waals surface area (Å²) >= 11 is 0. The molecule has 0 bridgehead atoms. The molecule has 1 aliphatic carbocycles. The number of aliphatic hydroxyl groups is 1. The third-order valence-electron chi connectivity index (χ3n) is 4.21. The summed E-state index contributed by atoms with van der Waals surface area (Å²) in [5.41, 5.74) is 1.11. The van der Waals surface area contributed by atoms with E-state index in [4.69, 9.17) is 4.74 Å². The molecule has 0 saturated heterocycles. The van der Waals surface area contributed by atoms with Crippen molar-refractivity contribution in [3.63, 3.8) is 0 Å². The van der Waals surface area contributed by atoms with Gasteiger partial charge >= 0.3 is 6.03 Å². The van der Waals surface area contributed by atoms with Gasteiger partial charge in [0.15, 0.2) is 0 Å². The lowest BCUT2D eigenvalue weighted by Crippen LogP contribution is -2.40. The molecule has 3 unspecified atom stereocenters. The summed E-state index contributed by atoms with van der Waals surface area (Å²) < 4.78 is 5.18. The Bertz CT molecular complexity index is 497. The average molecular weight is 320 g/mol. The number of nitrogens with one attached hydrogen (secondary N) is 2. The molecule has 1 fully saturated rings. The van der Waals surface area contributed by atoms with E-state index in [0.717, 1.165) is 24.2 Å². The van der Waals surface area contributed by atoms with Gasteiger partial charge in [-0.15, -0.1) is 0 Å². The van der Waals surface area contributed by atoms with E-state index in [1.54, 1.807) is 14.0 Å². The Kier molecular flexibility index (Phi) is 6.28. The van der Waals surface area contributed by atoms with Crippen LogP contribution in [0.4, 0.5) is 4.79 Å². The van der Waals surface area contributed by atoms with E-state index in [1.165, 1.54) is 0 Å². The minimum absolute atomic E-state index is 0.0491. The van der Waals surface area contributed by atoms with Crippen molar-refractivity contribution in [2.75, 3.05) is 13.7 Å². The van der Waals surface area contributed by atoms with Gasteiger partial charge < -0.3 is 20.5 Å². The van der Waals surface area contributed by atoms with Crippen LogP contribution < -0.4 is 15.4 Å². The van der Waals surface area contributed by atoms with Gasteiger partial charge in [-0.1, -0.05) is 19.1 Å². The van der Waals surface area contributed by atoms with E-state index < -0.39 is 0 Å². The zero-order chi connectivity index (χ0) is 16.8. The summed E-state index contributed by atoms with van der Waals surface area (Å²) in [4.78, 5) is 12.2. The van der Waals surface area contributed by atoms with Crippen molar-refractivity contribution in [2.45, 2.75) is 45.3 Å². The quantitative estimate of drug-likeness (QED) is 0.690. The molecule has 0 aliphatic heterocycles. The number of amides is 2. The Labute approximate surface area is 138 Å². The SMILES string of the molecule is COc1ccc(C(NC(=O)NCC(C)CC(C)O)C2CC2)cc1. The Balaban J connectivity index is 1.87. The first-order valence-corrected chi connectivity index (χ1v) is 8.36. The molecule has 23 heavy (non-hydrogen) atoms. The fraction of sp³-hybridized carbons (Fsp3) is 0.611. The minimum Gasteiger partial charge on any atom is -0.497 e. The first kappa shape index (κ1) is 17.6. The van der Waals surface area contributed by atoms with Crippen LogP contribution in [0.15, 0.2) is 24.3 Å². The van der Waals surface area contributed by atoms with Gasteiger partial charge in [0.2, 0.25) is 0 Å². The summed E-state index contributed by atoms with van der Waals surface area (Å²) in [7, 11) is 1.65. The highest BCUT2D eigenvalue weighted by atomic mass is 16.5. The van der Waals surface area contributed by atoms with Crippen LogP contribution in [0.3, 0.4) is 0 Å². The van der Waals surface area contributed by atoms with Gasteiger partial charge in [-0.25, -0.2) is 4.79 Å². The Morgan fingerprint density at radius 2 is 1.96 bits per heavy atom. The number of rotatable bonds is 8. The first-order valence-electron chi connectivity index (χ1n) is 8.36. The number of carbonyl (C=O) groups is 1. The molecule has 1 aromatic carbocycles. The number of carbonyl (C=O) groups excluding carboxylic acids is 1. The largest absolute Gasteiger partial charge is 0.497 e. The summed E-state index contributed by atoms with van der Waals surface area (Å²) in [5, 5.41) is 15.4. The zero-order valence-corrected chi connectivity index (χ0v) is 14.2. The standard InChI is InChI=1S/C18H28N2O3/c1-12(10-13(2)21)11-19-18(22)20-17(14-4-5-14)15-6-8-16(23-3)9-7-15/h6-9,12-14,17,21H,4-5,10-11H2,1-3H3,(H2,19,20,22). The van der Waals surface area contributed by atoms with Gasteiger partial charge in [-0.05, 0) is 55.7 Å². The predicted molar refractivity (Wildman–Crippen MR) is 90.5 cm³/mol. The van der Waals surface area contributed by atoms with E-state index >= 15 is 0 Å². The lowest BCUT2D eigenvalue weighted by atomic mass is 10.0. The van der Waals surface area contributed by atoms with Crippen molar-refractivity contribution >= 4 is 6.03 Å². The van der Waals surface area contributed by atoms with Crippen LogP contribution in [-0.2, 0) is 0 Å². The van der Waals surface area contributed by atoms with Crippen molar-refractivity contribution in [3.8, 4) is 5.75 Å². The number of methoxy groups -OCH3 is 1. The van der Waals surface area contributed by atoms with Crippen molar-refractivity contribution in [1.82, 2.24) is 10.6 Å². The lowest BCUT2D eigenvalue weighted by molar-refractivity contribution is 0.163. The molecule has 128 valence electrons. The molecule has 0 radical (unpaired) electrons. The van der Waals surface area contributed by atoms with Gasteiger partial charge in [0.05, 0.1) is 19.3 Å². The summed E-state index contributed by atoms with van der Waals surface area (Å²) in [5.74, 6) is 1.59. The summed E-state index contributed by atoms with van der Waals surface area (Å²) in [6, 6.07) is 7.78. The van der Waals surface area contributed by atoms with Crippen LogP contribution in [0, 0.1) is 11.8 Å². The highest BCUT2D eigenvalue weighted by Crippen LogP contribution is 2.41. The smallest absolute Gasteiger partial charge is 0.315 e. The average Bonchev–Trinajstić information content (AvgIpc) is 3.35. The molecule has 0 heterocycles. The second-order valence-electron chi connectivity index (χ2n) is 6.63. The van der Waals surface area contributed by atoms with Crippen LogP contribution in [0.1, 0.15) is 44.7 Å². The molecule has 0 spiro atoms. The van der Waals surface area contributed by atoms with Crippen LogP contribution in [0.25, 0.3) is 0 Å². The number of hydrogen-bond acceptors (Lipinski definition) is 3. The summed E-state index contributed by atoms with van der Waals surface area (Å²) in [6.45, 7) is 4.36. The highest BCUT2D eigenvalue weighted by molar-refractivity contribution is 5.74. The molecular formula is C18H28N2O3. The number of hydrogen-bond donors (Lipinski definition) is 3. The minimum atomic E-state index is -0.339. The first-order chi connectivity index (χ1) is 11.0. The molecule has 1 saturated carbocycles. The van der Waals surface area contributed by atoms with Gasteiger partial charge in [0.25, 0.3) is 0 Å². The third-order valence-corrected chi connectivity index (χ3v) is 4.21. The van der Waals surface area contributed by atoms with Crippen molar-refractivity contribution in [3.05, 3.63) is 29.8 Å². The fourth-order valence-electron chi connectivity index (χ4n) is 2.84. The molecule has 3 atom stereocenters. The second-order valence-corrected chi connectivity index (χ2v) is 6.63. The monoisotopic (exact) mass is 320 g/mol. The van der Waals surface area contributed by atoms with Gasteiger partial charge in [-0.3, -0.25) is 0 Å². The van der Waals surface area contributed by atoms with Crippen LogP contribution in [0.5, 0.6) is 5.75 Å². The molecule has 1 aliphatic rings. The topological polar surface area (TPSA) is 70.6 Å². The number of benzene rings is 1. The number of urea groups is 1. The van der Waals surface area contributed by atoms with Crippen LogP contribution in [0.2, 0.25) is 0 Å². The fourth-order valence-corrected chi connectivity index (χ4v) is 2.84. The number of aliphatic hydroxyl groups excluding tert-OH is 1.